The van der Waals surface area contributed by atoms with Gasteiger partial charge in [-0.3, -0.25) is 0 Å². The molecule has 0 aromatic rings. The second-order valence-electron chi connectivity index (χ2n) is 4.04. The largest absolute Gasteiger partial charge is 0.324 e. The molecule has 0 N–H and O–H groups in total. The van der Waals surface area contributed by atoms with Crippen LogP contribution in [0.5, 0.6) is 0 Å². The Morgan fingerprint density at radius 2 is 1.50 bits per heavy atom. The Morgan fingerprint density at radius 1 is 1.08 bits per heavy atom. The van der Waals surface area contributed by atoms with Crippen LogP contribution in [-0.2, 0) is 0 Å². The molecule has 0 aliphatic carbocycles. The number of nitrogens with zero attached hydrogens (tertiary/aromatic N) is 1. The second-order valence-corrected chi connectivity index (χ2v) is 9.25. The summed E-state index contributed by atoms with van der Waals surface area (Å²) in [5.74, 6) is 0. The Hall–Kier alpha value is 0.177. The van der Waals surface area contributed by atoms with Crippen LogP contribution in [0.25, 0.3) is 0 Å². The fourth-order valence-corrected chi connectivity index (χ4v) is 5.38. The van der Waals surface area contributed by atoms with Gasteiger partial charge < -0.3 is 4.57 Å². The summed E-state index contributed by atoms with van der Waals surface area (Å²) in [7, 11) is -1.10. The van der Waals surface area contributed by atoms with Gasteiger partial charge in [-0.25, -0.2) is 0 Å². The van der Waals surface area contributed by atoms with E-state index in [4.69, 9.17) is 0 Å². The number of rotatable bonds is 5. The molecule has 74 valence electrons. The number of hydrogen-bond donors (Lipinski definition) is 0. The van der Waals surface area contributed by atoms with Crippen LogP contribution < -0.4 is 0 Å². The van der Waals surface area contributed by atoms with Crippen LogP contribution in [0.2, 0.25) is 18.1 Å². The molecular formula is C10H25NSi. The first-order chi connectivity index (χ1) is 5.52. The van der Waals surface area contributed by atoms with Crippen LogP contribution in [0.1, 0.15) is 34.6 Å². The highest BCUT2D eigenvalue weighted by atomic mass is 28.3. The van der Waals surface area contributed by atoms with Gasteiger partial charge in [-0.2, -0.15) is 0 Å². The van der Waals surface area contributed by atoms with Crippen molar-refractivity contribution < 1.29 is 0 Å². The van der Waals surface area contributed by atoms with Crippen LogP contribution >= 0.6 is 0 Å². The van der Waals surface area contributed by atoms with E-state index < -0.39 is 8.24 Å². The Bertz CT molecular complexity index is 121. The lowest BCUT2D eigenvalue weighted by Crippen LogP contribution is -2.52. The lowest BCUT2D eigenvalue weighted by molar-refractivity contribution is 0.452. The molecule has 0 radical (unpaired) electrons. The average molecular weight is 187 g/mol. The molecule has 0 rings (SSSR count). The zero-order valence-corrected chi connectivity index (χ0v) is 10.6. The van der Waals surface area contributed by atoms with Gasteiger partial charge >= 0.3 is 0 Å². The van der Waals surface area contributed by atoms with Crippen LogP contribution in [0.3, 0.4) is 0 Å². The van der Waals surface area contributed by atoms with Gasteiger partial charge in [0.2, 0.25) is 0 Å². The first-order valence-corrected chi connectivity index (χ1v) is 8.01. The van der Waals surface area contributed by atoms with Crippen molar-refractivity contribution in [3.63, 3.8) is 0 Å². The predicted molar refractivity (Wildman–Crippen MR) is 60.1 cm³/mol. The van der Waals surface area contributed by atoms with E-state index in [2.05, 4.69) is 45.7 Å². The van der Waals surface area contributed by atoms with Gasteiger partial charge in [0.15, 0.2) is 0 Å². The van der Waals surface area contributed by atoms with Gasteiger partial charge in [0.05, 0.1) is 0 Å². The zero-order chi connectivity index (χ0) is 9.78. The topological polar surface area (TPSA) is 3.24 Å². The van der Waals surface area contributed by atoms with E-state index in [1.807, 2.05) is 0 Å². The molecule has 2 heteroatoms. The fourth-order valence-electron chi connectivity index (χ4n) is 1.94. The zero-order valence-electron chi connectivity index (χ0n) is 9.65. The molecule has 0 aliphatic heterocycles. The van der Waals surface area contributed by atoms with E-state index in [9.17, 15) is 0 Å². The molecule has 0 aromatic heterocycles. The third-order valence-corrected chi connectivity index (χ3v) is 9.44. The molecular weight excluding hydrogens is 162 g/mol. The van der Waals surface area contributed by atoms with E-state index in [1.54, 1.807) is 0 Å². The molecule has 12 heavy (non-hydrogen) atoms. The van der Waals surface area contributed by atoms with Crippen LogP contribution in [0.4, 0.5) is 0 Å². The molecule has 0 bridgehead atoms. The highest BCUT2D eigenvalue weighted by molar-refractivity contribution is 6.77. The Morgan fingerprint density at radius 3 is 1.58 bits per heavy atom. The van der Waals surface area contributed by atoms with Gasteiger partial charge in [-0.05, 0) is 24.7 Å². The molecule has 0 spiro atoms. The normalized spacial score (nSPS) is 17.0. The molecule has 0 saturated heterocycles. The molecule has 1 atom stereocenters. The van der Waals surface area contributed by atoms with Crippen molar-refractivity contribution in [3.8, 4) is 0 Å². The lowest BCUT2D eigenvalue weighted by atomic mass is 10.6. The molecule has 0 aromatic carbocycles. The van der Waals surface area contributed by atoms with E-state index in [0.29, 0.717) is 0 Å². The van der Waals surface area contributed by atoms with Crippen molar-refractivity contribution in [2.45, 2.75) is 52.8 Å². The van der Waals surface area contributed by atoms with Gasteiger partial charge in [-0.15, -0.1) is 0 Å². The molecule has 1 nitrogen and oxygen atoms in total. The van der Waals surface area contributed by atoms with E-state index >= 15 is 0 Å². The molecule has 1 unspecified atom stereocenters. The Balaban J connectivity index is 4.47. The van der Waals surface area contributed by atoms with Crippen molar-refractivity contribution in [1.82, 2.24) is 4.57 Å². The van der Waals surface area contributed by atoms with Crippen molar-refractivity contribution in [2.24, 2.45) is 0 Å². The van der Waals surface area contributed by atoms with Gasteiger partial charge in [0.25, 0.3) is 0 Å². The monoisotopic (exact) mass is 187 g/mol. The maximum atomic E-state index is 2.71. The van der Waals surface area contributed by atoms with Crippen molar-refractivity contribution in [2.75, 3.05) is 13.1 Å². The van der Waals surface area contributed by atoms with Gasteiger partial charge in [0.1, 0.15) is 8.24 Å². The van der Waals surface area contributed by atoms with Crippen molar-refractivity contribution >= 4 is 8.24 Å². The van der Waals surface area contributed by atoms with Crippen LogP contribution in [-0.4, -0.2) is 25.9 Å². The van der Waals surface area contributed by atoms with Crippen molar-refractivity contribution in [1.29, 1.82) is 0 Å². The van der Waals surface area contributed by atoms with Gasteiger partial charge in [-0.1, -0.05) is 41.2 Å². The molecule has 0 fully saturated rings. The summed E-state index contributed by atoms with van der Waals surface area (Å²) in [6.45, 7) is 16.7. The summed E-state index contributed by atoms with van der Waals surface area (Å²) in [5.41, 5.74) is 0.877. The fraction of sp³-hybridized carbons (Fsp3) is 1.00. The van der Waals surface area contributed by atoms with Gasteiger partial charge in [0, 0.05) is 0 Å². The minimum Gasteiger partial charge on any atom is -0.324 e. The lowest BCUT2D eigenvalue weighted by Gasteiger charge is -2.41. The SMILES string of the molecule is CCN(CC)[Si](C)(CC)C(C)C. The molecule has 0 saturated carbocycles. The maximum Gasteiger partial charge on any atom is 0.127 e. The highest BCUT2D eigenvalue weighted by Crippen LogP contribution is 2.27. The summed E-state index contributed by atoms with van der Waals surface area (Å²) in [5, 5.41) is 0. The average Bonchev–Trinajstić information content (AvgIpc) is 2.05. The second kappa shape index (κ2) is 5.03. The predicted octanol–water partition coefficient (Wildman–Crippen LogP) is 3.33. The summed E-state index contributed by atoms with van der Waals surface area (Å²) in [6.07, 6.45) is 0. The quantitative estimate of drug-likeness (QED) is 0.597. The molecule has 0 amide bonds. The summed E-state index contributed by atoms with van der Waals surface area (Å²) < 4.78 is 2.71. The summed E-state index contributed by atoms with van der Waals surface area (Å²) in [4.78, 5) is 0. The van der Waals surface area contributed by atoms with Crippen LogP contribution in [0.15, 0.2) is 0 Å². The number of hydrogen-bond acceptors (Lipinski definition) is 1. The summed E-state index contributed by atoms with van der Waals surface area (Å²) in [6, 6.07) is 1.38. The third kappa shape index (κ3) is 2.33. The minimum atomic E-state index is -1.10. The first kappa shape index (κ1) is 12.2. The van der Waals surface area contributed by atoms with E-state index in [0.717, 1.165) is 5.54 Å². The Labute approximate surface area is 79.2 Å². The Kier molecular flexibility index (Phi) is 5.10. The molecule has 0 aliphatic rings. The minimum absolute atomic E-state index is 0.877. The summed E-state index contributed by atoms with van der Waals surface area (Å²) >= 11 is 0. The smallest absolute Gasteiger partial charge is 0.127 e. The van der Waals surface area contributed by atoms with Crippen LogP contribution in [0, 0.1) is 0 Å². The van der Waals surface area contributed by atoms with Crippen molar-refractivity contribution in [3.05, 3.63) is 0 Å². The maximum absolute atomic E-state index is 2.71. The van der Waals surface area contributed by atoms with E-state index in [1.165, 1.54) is 19.1 Å². The standard InChI is InChI=1S/C10H25NSi/c1-7-11(8-2)12(6,9-3)10(4)5/h10H,7-9H2,1-6H3. The van der Waals surface area contributed by atoms with E-state index in [-0.39, 0.29) is 0 Å². The highest BCUT2D eigenvalue weighted by Gasteiger charge is 2.34. The first-order valence-electron chi connectivity index (χ1n) is 5.27. The molecule has 0 heterocycles. The third-order valence-electron chi connectivity index (χ3n) is 3.45.